The maximum Gasteiger partial charge on any atom is 0.323 e. The Morgan fingerprint density at radius 2 is 0.558 bits per heavy atom. The van der Waals surface area contributed by atoms with Gasteiger partial charge in [-0.1, -0.05) is 110 Å². The largest absolute Gasteiger partial charge is 0.493 e. The van der Waals surface area contributed by atoms with Gasteiger partial charge in [0, 0.05) is 180 Å². The zero-order valence-corrected chi connectivity index (χ0v) is 69.2. The van der Waals surface area contributed by atoms with Crippen LogP contribution in [0.1, 0.15) is 323 Å². The molecule has 8 aliphatic rings. The molecule has 4 aromatic rings. The molecule has 4 saturated heterocycles. The normalized spacial score (nSPS) is 44.7. The molecule has 0 saturated carbocycles. The van der Waals surface area contributed by atoms with Crippen LogP contribution in [0.15, 0.2) is 48.3 Å². The molecule has 0 spiro atoms. The number of hydrogen-bond acceptors (Lipinski definition) is 24. The summed E-state index contributed by atoms with van der Waals surface area (Å²) in [4.78, 5) is 54.5. The predicted molar refractivity (Wildman–Crippen MR) is 471 cm³/mol. The number of rotatable bonds is 28. The van der Waals surface area contributed by atoms with E-state index in [1.54, 1.807) is 13.8 Å². The van der Waals surface area contributed by atoms with Crippen molar-refractivity contribution in [3.63, 3.8) is 0 Å². The zero-order chi connectivity index (χ0) is 148. The van der Waals surface area contributed by atoms with E-state index in [4.69, 9.17) is 162 Å². The third-order valence-electron chi connectivity index (χ3n) is 19.5. The summed E-state index contributed by atoms with van der Waals surface area (Å²) in [6.45, 7) is -16.8. The van der Waals surface area contributed by atoms with Crippen LogP contribution in [0.3, 0.4) is 0 Å². The Balaban J connectivity index is 0.000000273. The lowest BCUT2D eigenvalue weighted by atomic mass is 9.79. The van der Waals surface area contributed by atoms with Gasteiger partial charge in [0.05, 0.1) is 95.0 Å². The van der Waals surface area contributed by atoms with E-state index in [0.29, 0.717) is 33.4 Å². The molecule has 24 nitrogen and oxygen atoms in total. The number of benzene rings is 4. The lowest BCUT2D eigenvalue weighted by molar-refractivity contribution is -0.161. The molecule has 16 unspecified atom stereocenters. The first-order valence-corrected chi connectivity index (χ1v) is 37.8. The minimum Gasteiger partial charge on any atom is -0.493 e. The maximum atomic E-state index is 13.3. The van der Waals surface area contributed by atoms with Crippen LogP contribution in [0.5, 0.6) is 46.0 Å². The average molecular weight is 1740 g/mol. The van der Waals surface area contributed by atoms with E-state index in [0.717, 1.165) is 42.3 Å². The average Bonchev–Trinajstić information content (AvgIpc) is 0.675. The van der Waals surface area contributed by atoms with Crippen molar-refractivity contribution in [3.05, 3.63) is 92.8 Å². The number of carbonyl (C=O) groups excluding carboxylic acids is 4. The Kier molecular flexibility index (Phi) is 14.5. The number of carbonyl (C=O) groups is 4. The van der Waals surface area contributed by atoms with E-state index in [2.05, 4.69) is 0 Å². The van der Waals surface area contributed by atoms with Gasteiger partial charge in [-0.15, -0.1) is 0 Å². The van der Waals surface area contributed by atoms with Crippen LogP contribution in [0.25, 0.3) is 0 Å². The van der Waals surface area contributed by atoms with Gasteiger partial charge < -0.3 is 79.8 Å². The SMILES string of the molecule is [2H]c1c(OC([2H])([2H])[2H])c(OC([2H])([2H])[2H])c([2H])c2c1C1([2H])CC([2H])(OC(=O)[C@@H](N)C(C)C)C(C([2H])([2H])C([2H])(C)C([2H])([2H])[2H])CN1C([2H])([2H])C2([2H])[2H].[2H]c1c(OC([2H])([2H])[2H])c(OC)c([2H])c2c1C1([2H])CC([2H])(OC(=O)[C@@H](N)C(C)C)C(C([2H])([2H])C([2H])(C)C([2H])([2H])[2H])CN1C([2H])([2H])C2([2H])[2H].[2H]c1c(OC)c(OC([2H])([2H])[2H])c([2H])c2c1C1([2H])CC([2H])(OC(=O)[C@@H](N)C(C)C)C(C([2H])([2H])C([2H])(C)C([2H])([2H])[2H])CN1C([2H])([2H])C2([2H])[2H].[2H]c1c(OC)c(OC)c([2H])c2c1C1([2H])CC([2H])(OC(=O)[C@@H](N)C(C)C)C(C([2H])([2H])C([2H])(C)C([2H])([2H])[2H])CN1C([2H])([2H])C2([2H])[2H]. The maximum absolute atomic E-state index is 13.3. The van der Waals surface area contributed by atoms with Gasteiger partial charge in [0.2, 0.25) is 0 Å². The summed E-state index contributed by atoms with van der Waals surface area (Å²) < 4.78 is 640. The van der Waals surface area contributed by atoms with Crippen molar-refractivity contribution >= 4 is 23.9 Å². The van der Waals surface area contributed by atoms with Crippen molar-refractivity contribution in [1.82, 2.24) is 19.6 Å². The van der Waals surface area contributed by atoms with Crippen molar-refractivity contribution in [2.75, 3.05) is 109 Å². The Hall–Kier alpha value is -7.16. The third-order valence-corrected chi connectivity index (χ3v) is 19.5. The number of hydrogen-bond donors (Lipinski definition) is 4. The second kappa shape index (κ2) is 43.9. The van der Waals surface area contributed by atoms with E-state index >= 15 is 0 Å². The van der Waals surface area contributed by atoms with Crippen LogP contribution in [-0.4, -0.2) is 201 Å². The van der Waals surface area contributed by atoms with Crippen LogP contribution < -0.4 is 60.8 Å². The number of esters is 4. The highest BCUT2D eigenvalue weighted by Crippen LogP contribution is 2.50. The molecule has 8 aliphatic heterocycles. The lowest BCUT2D eigenvalue weighted by Crippen LogP contribution is -2.51. The summed E-state index contributed by atoms with van der Waals surface area (Å²) in [7, 11) is -9.24. The number of ether oxygens (including phenoxy) is 12. The summed E-state index contributed by atoms with van der Waals surface area (Å²) in [6.07, 6.45) is -43.9. The van der Waals surface area contributed by atoms with Gasteiger partial charge in [0.1, 0.15) is 48.5 Å². The summed E-state index contributed by atoms with van der Waals surface area (Å²) in [6, 6.07) is -25.2. The number of piperidine rings is 4. The number of fused-ring (bicyclic) bond motifs is 12. The standard InChI is InChI=1S/4C24H38N2O4/c4*1-14(2)9-17-13-26-8-7-16-10-21(28-5)22(29-6)11-18(16)19(26)12-20(17)30-24(27)23(25)15(3)4/h4*10-11,14-15,17,19-20,23H,7-9,12-13,25H2,1-6H3/t4*17?,19?,20?,23-/m0000/s1/i1D3,5D3,6D3,7D2,8D2,9D2,10D,11D,14D,19D,20D;1D3,6D3,7D2,8D2,9D2,10D,11D,14D,19D,20D;1D3,5D3,7D2,8D2,9D2,10D,11D,14D,19D,20D;1D3,7D2,8D2,9D2,10D,11D,14D,19D,20D/t4*14?,17?,19?,20?,23-. The minimum absolute atomic E-state index is 0.310. The molecule has 672 valence electrons. The second-order valence-electron chi connectivity index (χ2n) is 29.7. The Labute approximate surface area is 814 Å². The zero-order valence-electron chi connectivity index (χ0n) is 137. The first-order valence-electron chi connectivity index (χ1n) is 71.8. The molecular formula is C96H152N8O16. The van der Waals surface area contributed by atoms with Crippen LogP contribution in [0, 0.1) is 70.9 Å². The Morgan fingerprint density at radius 3 is 0.742 bits per heavy atom. The third kappa shape index (κ3) is 23.8. The fourth-order valence-corrected chi connectivity index (χ4v) is 12.8. The molecule has 0 aliphatic carbocycles. The topological polar surface area (TPSA) is 296 Å². The fraction of sp³-hybridized carbons (Fsp3) is 0.708. The molecule has 8 N–H and O–H groups in total. The highest BCUT2D eigenvalue weighted by Gasteiger charge is 2.47. The van der Waals surface area contributed by atoms with Crippen molar-refractivity contribution in [1.29, 1.82) is 0 Å². The molecular weight excluding hydrogens is 1520 g/mol. The van der Waals surface area contributed by atoms with Crippen molar-refractivity contribution < 1.29 is 169 Å². The van der Waals surface area contributed by atoms with Gasteiger partial charge in [-0.3, -0.25) is 38.8 Å². The molecule has 120 heavy (non-hydrogen) atoms. The van der Waals surface area contributed by atoms with Crippen molar-refractivity contribution in [2.45, 2.75) is 260 Å². The van der Waals surface area contributed by atoms with Crippen LogP contribution in [0.4, 0.5) is 0 Å². The predicted octanol–water partition coefficient (Wildman–Crippen LogP) is 14.3. The molecule has 12 rings (SSSR count). The van der Waals surface area contributed by atoms with Crippen molar-refractivity contribution in [3.8, 4) is 46.0 Å². The number of nitrogens with two attached hydrogens (primary N) is 4. The number of methoxy groups -OCH3 is 8. The van der Waals surface area contributed by atoms with Gasteiger partial charge >= 0.3 is 23.9 Å². The molecule has 0 bridgehead atoms. The van der Waals surface area contributed by atoms with Crippen LogP contribution in [0.2, 0.25) is 0 Å². The quantitative estimate of drug-likeness (QED) is 0.0303. The number of nitrogens with zero attached hydrogens (tertiary/aromatic N) is 4. The van der Waals surface area contributed by atoms with E-state index < -0.39 is 491 Å². The van der Waals surface area contributed by atoms with Gasteiger partial charge in [-0.2, -0.15) is 0 Å². The van der Waals surface area contributed by atoms with E-state index in [-0.39, 0.29) is 0 Å². The molecule has 0 radical (unpaired) electrons. The van der Waals surface area contributed by atoms with E-state index in [1.807, 2.05) is 0 Å². The molecule has 8 heterocycles. The summed E-state index contributed by atoms with van der Waals surface area (Å²) >= 11 is 0. The molecule has 4 aromatic carbocycles. The lowest BCUT2D eigenvalue weighted by Gasteiger charge is -2.47. The summed E-state index contributed by atoms with van der Waals surface area (Å²) in [5.41, 5.74) is 16.6. The molecule has 0 aromatic heterocycles. The van der Waals surface area contributed by atoms with Gasteiger partial charge in [-0.05, 0) is 191 Å². The molecule has 0 amide bonds. The van der Waals surface area contributed by atoms with E-state index in [1.165, 1.54) is 41.5 Å². The summed E-state index contributed by atoms with van der Waals surface area (Å²) in [5, 5.41) is 0. The fourth-order valence-electron chi connectivity index (χ4n) is 12.8. The Bertz CT molecular complexity index is 7330. The van der Waals surface area contributed by atoms with Gasteiger partial charge in [-0.25, -0.2) is 0 Å². The van der Waals surface area contributed by atoms with Crippen LogP contribution >= 0.6 is 0 Å². The van der Waals surface area contributed by atoms with Gasteiger partial charge in [0.15, 0.2) is 46.0 Å². The monoisotopic (exact) mass is 1740 g/mol. The molecule has 24 heteroatoms. The smallest absolute Gasteiger partial charge is 0.323 e. The van der Waals surface area contributed by atoms with E-state index in [9.17, 15) is 30.1 Å². The van der Waals surface area contributed by atoms with Crippen LogP contribution in [-0.2, 0) is 63.6 Å². The molecule has 20 atom stereocenters. The summed E-state index contributed by atoms with van der Waals surface area (Å²) in [5.74, 6) is -35.4. The van der Waals surface area contributed by atoms with Gasteiger partial charge in [0.25, 0.3) is 0 Å². The first kappa shape index (κ1) is 39.6. The highest BCUT2D eigenvalue weighted by molar-refractivity contribution is 5.77. The molecule has 4 fully saturated rings. The Morgan fingerprint density at radius 1 is 0.367 bits per heavy atom. The van der Waals surface area contributed by atoms with Crippen molar-refractivity contribution in [2.24, 2.45) is 93.9 Å². The highest BCUT2D eigenvalue weighted by atomic mass is 16.6. The first-order chi connectivity index (χ1) is 83.1. The second-order valence-corrected chi connectivity index (χ2v) is 29.7. The minimum atomic E-state index is -3.54.